The Hall–Kier alpha value is -2.26. The Bertz CT molecular complexity index is 1590. The first-order valence-electron chi connectivity index (χ1n) is 22.2. The van der Waals surface area contributed by atoms with Crippen LogP contribution in [0.25, 0.3) is 0 Å². The molecule has 0 spiro atoms. The van der Waals surface area contributed by atoms with E-state index in [-0.39, 0.29) is 51.4 Å². The number of carboxylic acid groups (broad SMARTS) is 1. The second-order valence-electron chi connectivity index (χ2n) is 22.3. The van der Waals surface area contributed by atoms with Gasteiger partial charge in [0, 0.05) is 62.8 Å². The molecule has 316 valence electrons. The summed E-state index contributed by atoms with van der Waals surface area (Å²) in [5.41, 5.74) is 1.61. The highest BCUT2D eigenvalue weighted by atomic mass is 16.5. The van der Waals surface area contributed by atoms with Crippen molar-refractivity contribution in [3.05, 3.63) is 11.1 Å². The number of nitrogens with zero attached hydrogens (tertiary/aromatic N) is 3. The molecule has 5 fully saturated rings. The summed E-state index contributed by atoms with van der Waals surface area (Å²) in [6.07, 6.45) is 9.96. The highest BCUT2D eigenvalue weighted by Crippen LogP contribution is 2.77. The van der Waals surface area contributed by atoms with Gasteiger partial charge < -0.3 is 24.5 Å². The lowest BCUT2D eigenvalue weighted by atomic mass is 9.33. The van der Waals surface area contributed by atoms with Gasteiger partial charge in [0.25, 0.3) is 0 Å². The molecule has 6 aliphatic rings. The smallest absolute Gasteiger partial charge is 0.309 e. The first-order chi connectivity index (χ1) is 25.9. The SMILES string of the molecule is CC(=O)N1CC(CN(CCN(C)C)CCC23CCC4(C)C(CCC5C6(C)CCC(OC(=O)CC(C)(C)C(=O)O)C(C)(C)C6CCC54C)C2=C(C(C)C)C(=O)C3)C1. The molecule has 1 aliphatic heterocycles. The monoisotopic (exact) mass is 780 g/mol. The summed E-state index contributed by atoms with van der Waals surface area (Å²) < 4.78 is 6.21. The number of carbonyl (C=O) groups excluding carboxylic acids is 3. The number of ketones is 1. The third kappa shape index (κ3) is 7.23. The fourth-order valence-electron chi connectivity index (χ4n) is 14.2. The van der Waals surface area contributed by atoms with E-state index in [0.29, 0.717) is 35.9 Å². The lowest BCUT2D eigenvalue weighted by Crippen LogP contribution is -2.65. The van der Waals surface area contributed by atoms with Crippen LogP contribution < -0.4 is 0 Å². The molecule has 1 amide bonds. The first-order valence-corrected chi connectivity index (χ1v) is 22.2. The molecule has 4 saturated carbocycles. The maximum Gasteiger partial charge on any atom is 0.309 e. The molecular weight excluding hydrogens is 703 g/mol. The fraction of sp³-hybridized carbons (Fsp3) is 0.872. The van der Waals surface area contributed by atoms with Crippen LogP contribution in [0.4, 0.5) is 0 Å². The number of carbonyl (C=O) groups is 4. The zero-order chi connectivity index (χ0) is 41.4. The van der Waals surface area contributed by atoms with Crippen LogP contribution in [-0.4, -0.2) is 103 Å². The van der Waals surface area contributed by atoms with Crippen molar-refractivity contribution in [1.29, 1.82) is 0 Å². The number of likely N-dealkylation sites (tertiary alicyclic amines) is 1. The topological polar surface area (TPSA) is 107 Å². The number of fused-ring (bicyclic) bond motifs is 7. The average Bonchev–Trinajstić information content (AvgIpc) is 3.36. The predicted molar refractivity (Wildman–Crippen MR) is 221 cm³/mol. The molecule has 8 atom stereocenters. The summed E-state index contributed by atoms with van der Waals surface area (Å²) >= 11 is 0. The van der Waals surface area contributed by atoms with Gasteiger partial charge in [-0.25, -0.2) is 0 Å². The van der Waals surface area contributed by atoms with E-state index >= 15 is 0 Å². The van der Waals surface area contributed by atoms with E-state index in [1.165, 1.54) is 6.42 Å². The van der Waals surface area contributed by atoms with Gasteiger partial charge in [-0.1, -0.05) is 54.0 Å². The van der Waals surface area contributed by atoms with Crippen molar-refractivity contribution < 1.29 is 29.0 Å². The van der Waals surface area contributed by atoms with Crippen molar-refractivity contribution in [2.45, 2.75) is 146 Å². The molecule has 0 aromatic carbocycles. The van der Waals surface area contributed by atoms with Gasteiger partial charge in [0.05, 0.1) is 11.8 Å². The number of aliphatic carboxylic acids is 1. The van der Waals surface area contributed by atoms with Gasteiger partial charge in [0.1, 0.15) is 6.10 Å². The number of amides is 1. The molecule has 9 nitrogen and oxygen atoms in total. The van der Waals surface area contributed by atoms with Crippen molar-refractivity contribution in [1.82, 2.24) is 14.7 Å². The zero-order valence-corrected chi connectivity index (χ0v) is 37.3. The Morgan fingerprint density at radius 3 is 2.18 bits per heavy atom. The summed E-state index contributed by atoms with van der Waals surface area (Å²) in [5, 5.41) is 9.65. The normalized spacial score (nSPS) is 36.9. The second kappa shape index (κ2) is 15.1. The van der Waals surface area contributed by atoms with Gasteiger partial charge in [0.15, 0.2) is 5.78 Å². The number of allylic oxidation sites excluding steroid dienone is 2. The average molecular weight is 780 g/mol. The van der Waals surface area contributed by atoms with E-state index in [1.807, 2.05) is 4.90 Å². The number of ether oxygens (including phenoxy) is 1. The summed E-state index contributed by atoms with van der Waals surface area (Å²) in [7, 11) is 4.28. The fourth-order valence-corrected chi connectivity index (χ4v) is 14.2. The molecule has 1 heterocycles. The summed E-state index contributed by atoms with van der Waals surface area (Å²) in [6, 6.07) is 0. The van der Waals surface area contributed by atoms with Crippen molar-refractivity contribution in [3.63, 3.8) is 0 Å². The molecule has 0 bridgehead atoms. The van der Waals surface area contributed by atoms with Crippen molar-refractivity contribution in [2.75, 3.05) is 53.4 Å². The van der Waals surface area contributed by atoms with Crippen LogP contribution in [0.5, 0.6) is 0 Å². The number of rotatable bonds is 13. The largest absolute Gasteiger partial charge is 0.481 e. The Kier molecular flexibility index (Phi) is 11.7. The van der Waals surface area contributed by atoms with Crippen LogP contribution in [0.3, 0.4) is 0 Å². The van der Waals surface area contributed by atoms with Crippen LogP contribution in [-0.2, 0) is 23.9 Å². The minimum atomic E-state index is -1.15. The Labute approximate surface area is 339 Å². The molecular formula is C47H77N3O6. The Morgan fingerprint density at radius 1 is 0.893 bits per heavy atom. The number of likely N-dealkylation sites (N-methyl/N-ethyl adjacent to an activating group) is 1. The van der Waals surface area contributed by atoms with Crippen LogP contribution >= 0.6 is 0 Å². The molecule has 0 aromatic rings. The quantitative estimate of drug-likeness (QED) is 0.187. The zero-order valence-electron chi connectivity index (χ0n) is 37.3. The first kappa shape index (κ1) is 43.3. The minimum absolute atomic E-state index is 0.0638. The van der Waals surface area contributed by atoms with Crippen LogP contribution in [0, 0.1) is 62.1 Å². The Balaban J connectivity index is 1.24. The number of Topliss-reactive ketones (excluding diaryl/α,β-unsaturated/α-hetero) is 1. The number of carboxylic acids is 1. The van der Waals surface area contributed by atoms with Crippen molar-refractivity contribution in [2.24, 2.45) is 62.1 Å². The van der Waals surface area contributed by atoms with Gasteiger partial charge in [-0.2, -0.15) is 0 Å². The van der Waals surface area contributed by atoms with E-state index in [9.17, 15) is 24.3 Å². The van der Waals surface area contributed by atoms with Crippen LogP contribution in [0.15, 0.2) is 11.1 Å². The molecule has 0 radical (unpaired) electrons. The molecule has 9 heteroatoms. The number of hydrogen-bond acceptors (Lipinski definition) is 7. The van der Waals surface area contributed by atoms with Gasteiger partial charge in [-0.05, 0) is 138 Å². The standard InChI is InChI=1S/C47H77N3O6/c1-30(2)39-34(52)25-47(21-22-49(24-23-48(11)12)27-32-28-50(29-32)31(3)51)20-19-45(9)33(40(39)47)13-14-36-44(8)17-16-37(56-38(53)26-42(4,5)41(54)55)43(6,7)35(44)15-18-46(36,45)10/h30,32-33,35-37H,13-29H2,1-12H3,(H,54,55). The third-order valence-corrected chi connectivity index (χ3v) is 17.6. The van der Waals surface area contributed by atoms with Gasteiger partial charge in [-0.3, -0.25) is 19.2 Å². The molecule has 0 aromatic heterocycles. The van der Waals surface area contributed by atoms with E-state index in [4.69, 9.17) is 4.74 Å². The van der Waals surface area contributed by atoms with E-state index in [0.717, 1.165) is 96.2 Å². The molecule has 8 unspecified atom stereocenters. The number of esters is 1. The summed E-state index contributed by atoms with van der Waals surface area (Å²) in [6.45, 7) is 27.5. The summed E-state index contributed by atoms with van der Waals surface area (Å²) in [5.74, 6) is 1.29. The highest BCUT2D eigenvalue weighted by molar-refractivity contribution is 6.00. The molecule has 1 saturated heterocycles. The highest BCUT2D eigenvalue weighted by Gasteiger charge is 2.70. The maximum atomic E-state index is 14.3. The molecule has 5 aliphatic carbocycles. The van der Waals surface area contributed by atoms with Crippen molar-refractivity contribution in [3.8, 4) is 0 Å². The van der Waals surface area contributed by atoms with Gasteiger partial charge >= 0.3 is 11.9 Å². The van der Waals surface area contributed by atoms with Gasteiger partial charge in [0.2, 0.25) is 5.91 Å². The Morgan fingerprint density at radius 2 is 1.57 bits per heavy atom. The summed E-state index contributed by atoms with van der Waals surface area (Å²) in [4.78, 5) is 58.0. The number of hydrogen-bond donors (Lipinski definition) is 1. The van der Waals surface area contributed by atoms with Crippen LogP contribution in [0.1, 0.15) is 140 Å². The predicted octanol–water partition coefficient (Wildman–Crippen LogP) is 8.11. The van der Waals surface area contributed by atoms with E-state index in [1.54, 1.807) is 26.3 Å². The molecule has 56 heavy (non-hydrogen) atoms. The maximum absolute atomic E-state index is 14.3. The van der Waals surface area contributed by atoms with Crippen molar-refractivity contribution >= 4 is 23.6 Å². The molecule has 6 rings (SSSR count). The minimum Gasteiger partial charge on any atom is -0.481 e. The van der Waals surface area contributed by atoms with Gasteiger partial charge in [-0.15, -0.1) is 0 Å². The van der Waals surface area contributed by atoms with E-state index in [2.05, 4.69) is 72.4 Å². The van der Waals surface area contributed by atoms with E-state index < -0.39 is 17.4 Å². The third-order valence-electron chi connectivity index (χ3n) is 17.6. The molecule has 1 N–H and O–H groups in total. The lowest BCUT2D eigenvalue weighted by Gasteiger charge is -2.72. The second-order valence-corrected chi connectivity index (χ2v) is 22.3. The lowest BCUT2D eigenvalue weighted by molar-refractivity contribution is -0.233. The van der Waals surface area contributed by atoms with Crippen LogP contribution in [0.2, 0.25) is 0 Å².